The average molecular weight is 392 g/mol. The standard InChI is InChI=1S/C24H29N3O2/c28-23(21-9-5-2-6-10-21)26-15-17-27(18-16-26)24(29)25-22-13-11-20(12-14-22)19-7-3-1-4-8-19/h1,3-4,7-8,11-14,21H,2,5-6,9-10,15-18H2,(H,25,29). The van der Waals surface area contributed by atoms with E-state index in [2.05, 4.69) is 17.4 Å². The Balaban J connectivity index is 1.28. The van der Waals surface area contributed by atoms with E-state index in [0.29, 0.717) is 32.1 Å². The lowest BCUT2D eigenvalue weighted by atomic mass is 9.88. The highest BCUT2D eigenvalue weighted by molar-refractivity contribution is 5.90. The fraction of sp³-hybridized carbons (Fsp3) is 0.417. The first kappa shape index (κ1) is 19.5. The molecule has 152 valence electrons. The van der Waals surface area contributed by atoms with Crippen LogP contribution < -0.4 is 5.32 Å². The molecule has 1 aliphatic carbocycles. The van der Waals surface area contributed by atoms with Gasteiger partial charge in [-0.1, -0.05) is 61.7 Å². The summed E-state index contributed by atoms with van der Waals surface area (Å²) < 4.78 is 0. The Morgan fingerprint density at radius 2 is 1.31 bits per heavy atom. The highest BCUT2D eigenvalue weighted by atomic mass is 16.2. The van der Waals surface area contributed by atoms with Gasteiger partial charge in [0.15, 0.2) is 0 Å². The molecule has 1 aliphatic heterocycles. The molecule has 0 bridgehead atoms. The lowest BCUT2D eigenvalue weighted by molar-refractivity contribution is -0.138. The van der Waals surface area contributed by atoms with Crippen molar-refractivity contribution in [1.82, 2.24) is 9.80 Å². The maximum absolute atomic E-state index is 12.7. The molecule has 1 heterocycles. The molecule has 1 N–H and O–H groups in total. The molecule has 0 aromatic heterocycles. The molecule has 2 fully saturated rings. The van der Waals surface area contributed by atoms with Crippen LogP contribution in [-0.4, -0.2) is 47.9 Å². The third-order valence-electron chi connectivity index (χ3n) is 6.08. The second-order valence-corrected chi connectivity index (χ2v) is 8.02. The smallest absolute Gasteiger partial charge is 0.321 e. The van der Waals surface area contributed by atoms with E-state index >= 15 is 0 Å². The van der Waals surface area contributed by atoms with Crippen molar-refractivity contribution in [2.24, 2.45) is 5.92 Å². The molecule has 2 aliphatic rings. The molecular weight excluding hydrogens is 362 g/mol. The van der Waals surface area contributed by atoms with Crippen molar-refractivity contribution in [2.75, 3.05) is 31.5 Å². The zero-order valence-corrected chi connectivity index (χ0v) is 16.8. The molecule has 0 unspecified atom stereocenters. The minimum atomic E-state index is -0.0952. The molecule has 3 amide bonds. The Morgan fingerprint density at radius 1 is 0.724 bits per heavy atom. The van der Waals surface area contributed by atoms with Crippen LogP contribution in [0.15, 0.2) is 54.6 Å². The Hall–Kier alpha value is -2.82. The SMILES string of the molecule is O=C(Nc1ccc(-c2ccccc2)cc1)N1CCN(C(=O)C2CCCCC2)CC1. The van der Waals surface area contributed by atoms with E-state index in [1.807, 2.05) is 47.4 Å². The summed E-state index contributed by atoms with van der Waals surface area (Å²) in [7, 11) is 0. The summed E-state index contributed by atoms with van der Waals surface area (Å²) in [4.78, 5) is 29.0. The van der Waals surface area contributed by atoms with Crippen LogP contribution in [0.5, 0.6) is 0 Å². The Bertz CT molecular complexity index is 821. The van der Waals surface area contributed by atoms with Gasteiger partial charge >= 0.3 is 6.03 Å². The summed E-state index contributed by atoms with van der Waals surface area (Å²) in [6.07, 6.45) is 5.64. The molecule has 0 atom stereocenters. The molecule has 5 nitrogen and oxygen atoms in total. The van der Waals surface area contributed by atoms with Crippen LogP contribution in [0.4, 0.5) is 10.5 Å². The maximum atomic E-state index is 12.7. The van der Waals surface area contributed by atoms with E-state index in [1.54, 1.807) is 4.90 Å². The summed E-state index contributed by atoms with van der Waals surface area (Å²) >= 11 is 0. The average Bonchev–Trinajstić information content (AvgIpc) is 2.80. The van der Waals surface area contributed by atoms with Gasteiger partial charge in [0, 0.05) is 37.8 Å². The van der Waals surface area contributed by atoms with Crippen LogP contribution in [0.3, 0.4) is 0 Å². The second-order valence-electron chi connectivity index (χ2n) is 8.02. The third kappa shape index (κ3) is 4.78. The minimum absolute atomic E-state index is 0.0952. The summed E-state index contributed by atoms with van der Waals surface area (Å²) in [6.45, 7) is 2.45. The van der Waals surface area contributed by atoms with Crippen molar-refractivity contribution in [2.45, 2.75) is 32.1 Å². The minimum Gasteiger partial charge on any atom is -0.339 e. The number of anilines is 1. The number of piperazine rings is 1. The quantitative estimate of drug-likeness (QED) is 0.831. The number of hydrogen-bond acceptors (Lipinski definition) is 2. The Labute approximate surface area is 172 Å². The van der Waals surface area contributed by atoms with E-state index in [1.165, 1.54) is 19.3 Å². The van der Waals surface area contributed by atoms with Crippen molar-refractivity contribution in [3.63, 3.8) is 0 Å². The lowest BCUT2D eigenvalue weighted by Crippen LogP contribution is -2.53. The predicted molar refractivity (Wildman–Crippen MR) is 116 cm³/mol. The number of hydrogen-bond donors (Lipinski definition) is 1. The predicted octanol–water partition coefficient (Wildman–Crippen LogP) is 4.61. The number of carbonyl (C=O) groups excluding carboxylic acids is 2. The highest BCUT2D eigenvalue weighted by Gasteiger charge is 2.29. The van der Waals surface area contributed by atoms with Crippen LogP contribution in [0.1, 0.15) is 32.1 Å². The summed E-state index contributed by atoms with van der Waals surface area (Å²) in [5, 5.41) is 2.98. The molecule has 4 rings (SSSR count). The summed E-state index contributed by atoms with van der Waals surface area (Å²) in [6, 6.07) is 18.0. The van der Waals surface area contributed by atoms with Crippen molar-refractivity contribution in [3.05, 3.63) is 54.6 Å². The van der Waals surface area contributed by atoms with E-state index < -0.39 is 0 Å². The molecule has 0 radical (unpaired) electrons. The first-order valence-electron chi connectivity index (χ1n) is 10.7. The second kappa shape index (κ2) is 9.12. The van der Waals surface area contributed by atoms with Gasteiger partial charge in [0.25, 0.3) is 0 Å². The fourth-order valence-corrected chi connectivity index (χ4v) is 4.32. The van der Waals surface area contributed by atoms with Gasteiger partial charge in [-0.05, 0) is 36.1 Å². The molecule has 29 heavy (non-hydrogen) atoms. The molecular formula is C24H29N3O2. The first-order valence-corrected chi connectivity index (χ1v) is 10.7. The van der Waals surface area contributed by atoms with E-state index in [9.17, 15) is 9.59 Å². The number of urea groups is 1. The molecule has 1 saturated heterocycles. The van der Waals surface area contributed by atoms with Crippen molar-refractivity contribution >= 4 is 17.6 Å². The van der Waals surface area contributed by atoms with E-state index in [-0.39, 0.29) is 11.9 Å². The fourth-order valence-electron chi connectivity index (χ4n) is 4.32. The van der Waals surface area contributed by atoms with Gasteiger partial charge in [0.1, 0.15) is 0 Å². The van der Waals surface area contributed by atoms with Crippen molar-refractivity contribution < 1.29 is 9.59 Å². The van der Waals surface area contributed by atoms with Gasteiger partial charge in [-0.3, -0.25) is 4.79 Å². The molecule has 5 heteroatoms. The maximum Gasteiger partial charge on any atom is 0.321 e. The number of carbonyl (C=O) groups is 2. The van der Waals surface area contributed by atoms with Crippen LogP contribution in [-0.2, 0) is 4.79 Å². The zero-order chi connectivity index (χ0) is 20.1. The molecule has 2 aromatic rings. The largest absolute Gasteiger partial charge is 0.339 e. The third-order valence-corrected chi connectivity index (χ3v) is 6.08. The van der Waals surface area contributed by atoms with Crippen LogP contribution in [0, 0.1) is 5.92 Å². The van der Waals surface area contributed by atoms with E-state index in [0.717, 1.165) is 29.7 Å². The zero-order valence-electron chi connectivity index (χ0n) is 16.8. The van der Waals surface area contributed by atoms with Gasteiger partial charge in [-0.2, -0.15) is 0 Å². The molecule has 0 spiro atoms. The molecule has 2 aromatic carbocycles. The van der Waals surface area contributed by atoms with Gasteiger partial charge < -0.3 is 15.1 Å². The van der Waals surface area contributed by atoms with E-state index in [4.69, 9.17) is 0 Å². The Kier molecular flexibility index (Phi) is 6.13. The van der Waals surface area contributed by atoms with Gasteiger partial charge in [0.05, 0.1) is 0 Å². The number of nitrogens with one attached hydrogen (secondary N) is 1. The van der Waals surface area contributed by atoms with Crippen molar-refractivity contribution in [3.8, 4) is 11.1 Å². The van der Waals surface area contributed by atoms with Gasteiger partial charge in [-0.15, -0.1) is 0 Å². The Morgan fingerprint density at radius 3 is 1.97 bits per heavy atom. The van der Waals surface area contributed by atoms with Crippen LogP contribution in [0.25, 0.3) is 11.1 Å². The number of rotatable bonds is 3. The summed E-state index contributed by atoms with van der Waals surface area (Å²) in [5.74, 6) is 0.494. The summed E-state index contributed by atoms with van der Waals surface area (Å²) in [5.41, 5.74) is 3.07. The number of amides is 3. The highest BCUT2D eigenvalue weighted by Crippen LogP contribution is 2.26. The number of nitrogens with zero attached hydrogens (tertiary/aromatic N) is 2. The lowest BCUT2D eigenvalue weighted by Gasteiger charge is -2.37. The molecule has 1 saturated carbocycles. The van der Waals surface area contributed by atoms with Crippen LogP contribution in [0.2, 0.25) is 0 Å². The normalized spacial score (nSPS) is 17.8. The first-order chi connectivity index (χ1) is 14.2. The van der Waals surface area contributed by atoms with Gasteiger partial charge in [0.2, 0.25) is 5.91 Å². The van der Waals surface area contributed by atoms with Crippen molar-refractivity contribution in [1.29, 1.82) is 0 Å². The monoisotopic (exact) mass is 391 g/mol. The number of benzene rings is 2. The topological polar surface area (TPSA) is 52.7 Å². The van der Waals surface area contributed by atoms with Crippen LogP contribution >= 0.6 is 0 Å². The van der Waals surface area contributed by atoms with Gasteiger partial charge in [-0.25, -0.2) is 4.79 Å².